The molecule has 1 aliphatic rings. The lowest BCUT2D eigenvalue weighted by Crippen LogP contribution is -2.43. The topological polar surface area (TPSA) is 58.4 Å². The Morgan fingerprint density at radius 2 is 2.05 bits per heavy atom. The first-order valence-corrected chi connectivity index (χ1v) is 7.35. The van der Waals surface area contributed by atoms with Crippen LogP contribution >= 0.6 is 0 Å². The average molecular weight is 297 g/mol. The van der Waals surface area contributed by atoms with Crippen LogP contribution in [0.15, 0.2) is 12.1 Å². The third-order valence-corrected chi connectivity index (χ3v) is 3.94. The Morgan fingerprint density at radius 1 is 1.38 bits per heavy atom. The number of hydrazine groups is 1. The van der Waals surface area contributed by atoms with Gasteiger partial charge in [0.05, 0.1) is 0 Å². The third-order valence-electron chi connectivity index (χ3n) is 3.94. The Bertz CT molecular complexity index is 497. The molecule has 0 spiro atoms. The minimum atomic E-state index is -0.857. The van der Waals surface area contributed by atoms with Crippen molar-refractivity contribution in [2.24, 2.45) is 5.84 Å². The maximum absolute atomic E-state index is 13.7. The van der Waals surface area contributed by atoms with Crippen LogP contribution in [-0.2, 0) is 0 Å². The molecule has 3 N–H and O–H groups in total. The number of nitrogens with one attached hydrogen (secondary N) is 1. The van der Waals surface area contributed by atoms with Crippen LogP contribution in [0, 0.1) is 11.6 Å². The van der Waals surface area contributed by atoms with Gasteiger partial charge in [0.15, 0.2) is 11.6 Å². The first-order valence-electron chi connectivity index (χ1n) is 7.35. The van der Waals surface area contributed by atoms with Gasteiger partial charge in [-0.3, -0.25) is 10.6 Å². The monoisotopic (exact) mass is 297 g/mol. The van der Waals surface area contributed by atoms with Gasteiger partial charge in [-0.2, -0.15) is 0 Å². The summed E-state index contributed by atoms with van der Waals surface area (Å²) >= 11 is 0. The summed E-state index contributed by atoms with van der Waals surface area (Å²) in [5.41, 5.74) is 1.58. The zero-order valence-electron chi connectivity index (χ0n) is 12.2. The van der Waals surface area contributed by atoms with E-state index in [1.54, 1.807) is 4.90 Å². The maximum Gasteiger partial charge on any atom is 0.254 e. The number of nitrogens with zero attached hydrogens (tertiary/aromatic N) is 1. The fourth-order valence-corrected chi connectivity index (χ4v) is 2.90. The van der Waals surface area contributed by atoms with Crippen molar-refractivity contribution in [1.82, 2.24) is 4.90 Å². The lowest BCUT2D eigenvalue weighted by molar-refractivity contribution is 0.0599. The molecule has 1 saturated heterocycles. The number of hydrogen-bond acceptors (Lipinski definition) is 3. The summed E-state index contributed by atoms with van der Waals surface area (Å²) in [6.45, 7) is 2.71. The number of nitrogen functional groups attached to an aromatic ring is 1. The molecule has 0 aromatic heterocycles. The molecule has 1 amide bonds. The molecular formula is C15H21F2N3O. The van der Waals surface area contributed by atoms with Gasteiger partial charge in [0.25, 0.3) is 5.91 Å². The Labute approximate surface area is 123 Å². The lowest BCUT2D eigenvalue weighted by Gasteiger charge is -2.36. The van der Waals surface area contributed by atoms with E-state index in [1.807, 2.05) is 5.43 Å². The van der Waals surface area contributed by atoms with E-state index < -0.39 is 17.3 Å². The molecule has 1 fully saturated rings. The second-order valence-corrected chi connectivity index (χ2v) is 5.40. The van der Waals surface area contributed by atoms with Crippen molar-refractivity contribution in [3.63, 3.8) is 0 Å². The summed E-state index contributed by atoms with van der Waals surface area (Å²) in [7, 11) is 0. The molecule has 1 aromatic rings. The molecule has 0 bridgehead atoms. The van der Waals surface area contributed by atoms with Crippen molar-refractivity contribution in [3.8, 4) is 0 Å². The highest BCUT2D eigenvalue weighted by Crippen LogP contribution is 2.25. The van der Waals surface area contributed by atoms with Crippen LogP contribution in [0.5, 0.6) is 0 Å². The fraction of sp³-hybridized carbons (Fsp3) is 0.533. The van der Waals surface area contributed by atoms with Crippen LogP contribution < -0.4 is 11.3 Å². The normalized spacial score (nSPS) is 18.7. The zero-order valence-corrected chi connectivity index (χ0v) is 12.2. The maximum atomic E-state index is 13.7. The van der Waals surface area contributed by atoms with Gasteiger partial charge in [-0.05, 0) is 37.8 Å². The molecule has 0 radical (unpaired) electrons. The predicted octanol–water partition coefficient (Wildman–Crippen LogP) is 3.05. The van der Waals surface area contributed by atoms with Crippen molar-refractivity contribution >= 4 is 11.6 Å². The first kappa shape index (κ1) is 15.7. The van der Waals surface area contributed by atoms with Crippen molar-refractivity contribution in [1.29, 1.82) is 0 Å². The molecule has 0 aliphatic carbocycles. The lowest BCUT2D eigenvalue weighted by atomic mass is 9.97. The van der Waals surface area contributed by atoms with Crippen molar-refractivity contribution in [2.75, 3.05) is 12.0 Å². The van der Waals surface area contributed by atoms with Gasteiger partial charge in [-0.25, -0.2) is 8.78 Å². The number of piperidine rings is 1. The van der Waals surface area contributed by atoms with E-state index in [2.05, 4.69) is 6.92 Å². The van der Waals surface area contributed by atoms with Gasteiger partial charge in [0.1, 0.15) is 5.69 Å². The van der Waals surface area contributed by atoms with Crippen LogP contribution in [0.1, 0.15) is 49.4 Å². The molecule has 1 heterocycles. The Morgan fingerprint density at radius 3 is 2.62 bits per heavy atom. The number of carbonyl (C=O) groups excluding carboxylic acids is 1. The minimum absolute atomic E-state index is 0.0343. The van der Waals surface area contributed by atoms with E-state index >= 15 is 0 Å². The van der Waals surface area contributed by atoms with Crippen molar-refractivity contribution in [2.45, 2.75) is 45.1 Å². The smallest absolute Gasteiger partial charge is 0.254 e. The first-order chi connectivity index (χ1) is 10.1. The van der Waals surface area contributed by atoms with Gasteiger partial charge >= 0.3 is 0 Å². The van der Waals surface area contributed by atoms with Crippen LogP contribution in [0.25, 0.3) is 0 Å². The molecule has 1 aliphatic heterocycles. The minimum Gasteiger partial charge on any atom is -0.336 e. The van der Waals surface area contributed by atoms with E-state index in [9.17, 15) is 13.6 Å². The highest BCUT2D eigenvalue weighted by atomic mass is 19.1. The molecule has 6 heteroatoms. The summed E-state index contributed by atoms with van der Waals surface area (Å²) in [5, 5.41) is 0. The molecule has 1 atom stereocenters. The summed E-state index contributed by atoms with van der Waals surface area (Å²) < 4.78 is 27.5. The largest absolute Gasteiger partial charge is 0.336 e. The van der Waals surface area contributed by atoms with E-state index in [0.29, 0.717) is 6.54 Å². The van der Waals surface area contributed by atoms with Gasteiger partial charge in [0.2, 0.25) is 0 Å². The number of anilines is 1. The number of benzene rings is 1. The molecule has 1 aromatic carbocycles. The molecule has 2 rings (SSSR count). The number of rotatable bonds is 4. The predicted molar refractivity (Wildman–Crippen MR) is 77.8 cm³/mol. The molecule has 4 nitrogen and oxygen atoms in total. The van der Waals surface area contributed by atoms with E-state index in [0.717, 1.165) is 44.2 Å². The van der Waals surface area contributed by atoms with Crippen LogP contribution in [0.3, 0.4) is 0 Å². The van der Waals surface area contributed by atoms with E-state index in [-0.39, 0.29) is 17.5 Å². The van der Waals surface area contributed by atoms with Gasteiger partial charge in [0, 0.05) is 18.2 Å². The number of amides is 1. The van der Waals surface area contributed by atoms with E-state index in [1.165, 1.54) is 0 Å². The van der Waals surface area contributed by atoms with E-state index in [4.69, 9.17) is 5.84 Å². The summed E-state index contributed by atoms with van der Waals surface area (Å²) in [4.78, 5) is 14.3. The van der Waals surface area contributed by atoms with Crippen molar-refractivity contribution < 1.29 is 13.6 Å². The standard InChI is InChI=1S/C15H21F2N3O/c1-2-5-11-6-3-4-7-20(11)15(21)10-8-12(16)14(19-18)13(17)9-10/h8-9,11,19H,2-7,18H2,1H3. The molecule has 1 unspecified atom stereocenters. The Balaban J connectivity index is 2.26. The Kier molecular flexibility index (Phi) is 5.12. The summed E-state index contributed by atoms with van der Waals surface area (Å²) in [6, 6.07) is 2.24. The second kappa shape index (κ2) is 6.85. The zero-order chi connectivity index (χ0) is 15.4. The number of halogens is 2. The summed E-state index contributed by atoms with van der Waals surface area (Å²) in [6.07, 6.45) is 4.87. The highest BCUT2D eigenvalue weighted by molar-refractivity contribution is 5.95. The van der Waals surface area contributed by atoms with Gasteiger partial charge < -0.3 is 10.3 Å². The van der Waals surface area contributed by atoms with Crippen LogP contribution in [0.4, 0.5) is 14.5 Å². The summed E-state index contributed by atoms with van der Waals surface area (Å²) in [5.74, 6) is 3.03. The highest BCUT2D eigenvalue weighted by Gasteiger charge is 2.27. The SMILES string of the molecule is CCCC1CCCCN1C(=O)c1cc(F)c(NN)c(F)c1. The molecule has 0 saturated carbocycles. The van der Waals surface area contributed by atoms with Crippen LogP contribution in [-0.4, -0.2) is 23.4 Å². The number of hydrogen-bond donors (Lipinski definition) is 2. The number of nitrogens with two attached hydrogens (primary N) is 1. The molecule has 21 heavy (non-hydrogen) atoms. The third kappa shape index (κ3) is 3.32. The Hall–Kier alpha value is -1.69. The molecule has 116 valence electrons. The molecular weight excluding hydrogens is 276 g/mol. The number of likely N-dealkylation sites (tertiary alicyclic amines) is 1. The van der Waals surface area contributed by atoms with Gasteiger partial charge in [-0.1, -0.05) is 13.3 Å². The average Bonchev–Trinajstić information content (AvgIpc) is 2.47. The van der Waals surface area contributed by atoms with Crippen molar-refractivity contribution in [3.05, 3.63) is 29.3 Å². The second-order valence-electron chi connectivity index (χ2n) is 5.40. The fourth-order valence-electron chi connectivity index (χ4n) is 2.90. The number of carbonyl (C=O) groups is 1. The van der Waals surface area contributed by atoms with Crippen LogP contribution in [0.2, 0.25) is 0 Å². The van der Waals surface area contributed by atoms with Gasteiger partial charge in [-0.15, -0.1) is 0 Å². The quantitative estimate of drug-likeness (QED) is 0.663.